The van der Waals surface area contributed by atoms with E-state index in [-0.39, 0.29) is 0 Å². The third kappa shape index (κ3) is 4.52. The van der Waals surface area contributed by atoms with Crippen LogP contribution in [0.2, 0.25) is 0 Å². The molecule has 1 atom stereocenters. The van der Waals surface area contributed by atoms with Gasteiger partial charge >= 0.3 is 12.0 Å². The van der Waals surface area contributed by atoms with Gasteiger partial charge in [0.25, 0.3) is 0 Å². The molecule has 1 aromatic heterocycles. The van der Waals surface area contributed by atoms with E-state index in [9.17, 15) is 9.59 Å². The molecular weight excluding hydrogens is 276 g/mol. The molecule has 0 fully saturated rings. The number of carbonyl (C=O) groups excluding carboxylic acids is 1. The summed E-state index contributed by atoms with van der Waals surface area (Å²) in [4.78, 5) is 25.2. The Morgan fingerprint density at radius 1 is 1.35 bits per heavy atom. The summed E-state index contributed by atoms with van der Waals surface area (Å²) in [5.41, 5.74) is 0.657. The molecular formula is C14H22N2O3S. The van der Waals surface area contributed by atoms with Crippen molar-refractivity contribution < 1.29 is 14.7 Å². The van der Waals surface area contributed by atoms with E-state index in [2.05, 4.69) is 10.6 Å². The van der Waals surface area contributed by atoms with Crippen LogP contribution in [-0.2, 0) is 11.3 Å². The molecule has 6 heteroatoms. The van der Waals surface area contributed by atoms with Crippen LogP contribution in [0.4, 0.5) is 4.79 Å². The fourth-order valence-corrected chi connectivity index (χ4v) is 2.73. The Hall–Kier alpha value is -1.56. The van der Waals surface area contributed by atoms with E-state index >= 15 is 0 Å². The van der Waals surface area contributed by atoms with Crippen LogP contribution in [0.15, 0.2) is 6.07 Å². The number of aliphatic carboxylic acids is 1. The number of amides is 2. The number of aryl methyl sites for hydroxylation is 2. The summed E-state index contributed by atoms with van der Waals surface area (Å²) in [6, 6.07) is 0.643. The molecule has 0 aliphatic carbocycles. The normalized spacial score (nSPS) is 12.8. The predicted molar refractivity (Wildman–Crippen MR) is 80.0 cm³/mol. The van der Waals surface area contributed by atoms with Gasteiger partial charge in [-0.3, -0.25) is 0 Å². The Balaban J connectivity index is 2.56. The van der Waals surface area contributed by atoms with Gasteiger partial charge in [0.1, 0.15) is 6.04 Å². The van der Waals surface area contributed by atoms with E-state index in [0.717, 1.165) is 4.88 Å². The summed E-state index contributed by atoms with van der Waals surface area (Å²) in [7, 11) is 0. The van der Waals surface area contributed by atoms with Crippen molar-refractivity contribution >= 4 is 23.3 Å². The predicted octanol–water partition coefficient (Wildman–Crippen LogP) is 2.66. The Bertz CT molecular complexity index is 484. The van der Waals surface area contributed by atoms with Crippen LogP contribution in [-0.4, -0.2) is 23.1 Å². The molecule has 1 aromatic rings. The molecule has 0 bridgehead atoms. The number of urea groups is 1. The van der Waals surface area contributed by atoms with Gasteiger partial charge in [-0.2, -0.15) is 0 Å². The van der Waals surface area contributed by atoms with Crippen molar-refractivity contribution in [3.05, 3.63) is 21.4 Å². The maximum atomic E-state index is 11.8. The number of nitrogens with one attached hydrogen (secondary N) is 2. The van der Waals surface area contributed by atoms with Gasteiger partial charge in [-0.05, 0) is 30.9 Å². The van der Waals surface area contributed by atoms with Gasteiger partial charge in [0.05, 0.1) is 6.54 Å². The molecule has 2 amide bonds. The van der Waals surface area contributed by atoms with E-state index in [4.69, 9.17) is 5.11 Å². The highest BCUT2D eigenvalue weighted by molar-refractivity contribution is 7.12. The second kappa shape index (κ2) is 6.26. The molecule has 3 N–H and O–H groups in total. The van der Waals surface area contributed by atoms with Crippen LogP contribution >= 0.6 is 11.3 Å². The standard InChI is InChI=1S/C14H22N2O3S/c1-8-6-10(20-9(8)2)7-15-13(19)16-11(12(17)18)14(3,4)5/h6,11H,7H2,1-5H3,(H,17,18)(H2,15,16,19)/t11-/m1/s1. The number of hydrogen-bond donors (Lipinski definition) is 3. The summed E-state index contributed by atoms with van der Waals surface area (Å²) in [6.07, 6.45) is 0. The minimum atomic E-state index is -1.03. The third-order valence-electron chi connectivity index (χ3n) is 3.03. The number of carboxylic acid groups (broad SMARTS) is 1. The molecule has 0 aromatic carbocycles. The Labute approximate surface area is 123 Å². The van der Waals surface area contributed by atoms with Gasteiger partial charge in [0, 0.05) is 9.75 Å². The average molecular weight is 298 g/mol. The van der Waals surface area contributed by atoms with Crippen LogP contribution < -0.4 is 10.6 Å². The Kier molecular flexibility index (Phi) is 5.16. The fraction of sp³-hybridized carbons (Fsp3) is 0.571. The lowest BCUT2D eigenvalue weighted by atomic mass is 9.87. The van der Waals surface area contributed by atoms with Crippen LogP contribution in [0.3, 0.4) is 0 Å². The topological polar surface area (TPSA) is 78.4 Å². The van der Waals surface area contributed by atoms with Gasteiger partial charge in [-0.15, -0.1) is 11.3 Å². The molecule has 0 unspecified atom stereocenters. The lowest BCUT2D eigenvalue weighted by Gasteiger charge is -2.27. The molecule has 0 saturated heterocycles. The number of rotatable bonds is 4. The zero-order valence-corrected chi connectivity index (χ0v) is 13.4. The van der Waals surface area contributed by atoms with Crippen molar-refractivity contribution in [2.45, 2.75) is 47.2 Å². The summed E-state index contributed by atoms with van der Waals surface area (Å²) >= 11 is 1.63. The summed E-state index contributed by atoms with van der Waals surface area (Å²) in [6.45, 7) is 9.79. The largest absolute Gasteiger partial charge is 0.480 e. The molecule has 112 valence electrons. The van der Waals surface area contributed by atoms with E-state index in [0.29, 0.717) is 6.54 Å². The van der Waals surface area contributed by atoms with Crippen LogP contribution in [0.5, 0.6) is 0 Å². The van der Waals surface area contributed by atoms with E-state index in [1.165, 1.54) is 10.4 Å². The first-order chi connectivity index (χ1) is 9.11. The van der Waals surface area contributed by atoms with Crippen LogP contribution in [0, 0.1) is 19.3 Å². The smallest absolute Gasteiger partial charge is 0.326 e. The summed E-state index contributed by atoms with van der Waals surface area (Å²) < 4.78 is 0. The lowest BCUT2D eigenvalue weighted by molar-refractivity contribution is -0.141. The van der Waals surface area contributed by atoms with Crippen molar-refractivity contribution in [3.63, 3.8) is 0 Å². The molecule has 0 spiro atoms. The van der Waals surface area contributed by atoms with Crippen molar-refractivity contribution in [2.75, 3.05) is 0 Å². The molecule has 1 rings (SSSR count). The number of carbonyl (C=O) groups is 2. The Morgan fingerprint density at radius 2 is 1.95 bits per heavy atom. The molecule has 0 radical (unpaired) electrons. The molecule has 0 aliphatic rings. The van der Waals surface area contributed by atoms with Gasteiger partial charge in [-0.1, -0.05) is 20.8 Å². The van der Waals surface area contributed by atoms with E-state index in [1.807, 2.05) is 19.9 Å². The molecule has 0 aliphatic heterocycles. The first-order valence-electron chi connectivity index (χ1n) is 6.44. The van der Waals surface area contributed by atoms with E-state index in [1.54, 1.807) is 32.1 Å². The molecule has 20 heavy (non-hydrogen) atoms. The summed E-state index contributed by atoms with van der Waals surface area (Å²) in [5, 5.41) is 14.3. The van der Waals surface area contributed by atoms with E-state index < -0.39 is 23.5 Å². The highest BCUT2D eigenvalue weighted by atomic mass is 32.1. The zero-order chi connectivity index (χ0) is 15.5. The van der Waals surface area contributed by atoms with Crippen molar-refractivity contribution in [3.8, 4) is 0 Å². The highest BCUT2D eigenvalue weighted by Gasteiger charge is 2.32. The van der Waals surface area contributed by atoms with Crippen LogP contribution in [0.1, 0.15) is 36.1 Å². The van der Waals surface area contributed by atoms with Gasteiger partial charge in [-0.25, -0.2) is 9.59 Å². The quantitative estimate of drug-likeness (QED) is 0.799. The van der Waals surface area contributed by atoms with Crippen molar-refractivity contribution in [1.29, 1.82) is 0 Å². The third-order valence-corrected chi connectivity index (χ3v) is 4.18. The highest BCUT2D eigenvalue weighted by Crippen LogP contribution is 2.21. The molecule has 5 nitrogen and oxygen atoms in total. The first kappa shape index (κ1) is 16.5. The van der Waals surface area contributed by atoms with Crippen LogP contribution in [0.25, 0.3) is 0 Å². The maximum Gasteiger partial charge on any atom is 0.326 e. The van der Waals surface area contributed by atoms with Gasteiger partial charge < -0.3 is 15.7 Å². The van der Waals surface area contributed by atoms with Crippen molar-refractivity contribution in [2.24, 2.45) is 5.41 Å². The second-order valence-electron chi connectivity index (χ2n) is 5.92. The lowest BCUT2D eigenvalue weighted by Crippen LogP contribution is -2.52. The second-order valence-corrected chi connectivity index (χ2v) is 7.26. The number of thiophene rings is 1. The summed E-state index contributed by atoms with van der Waals surface area (Å²) in [5.74, 6) is -1.03. The van der Waals surface area contributed by atoms with Crippen molar-refractivity contribution in [1.82, 2.24) is 10.6 Å². The fourth-order valence-electron chi connectivity index (χ4n) is 1.74. The monoisotopic (exact) mass is 298 g/mol. The Morgan fingerprint density at radius 3 is 2.35 bits per heavy atom. The first-order valence-corrected chi connectivity index (χ1v) is 7.26. The zero-order valence-electron chi connectivity index (χ0n) is 12.5. The minimum Gasteiger partial charge on any atom is -0.480 e. The minimum absolute atomic E-state index is 0.404. The molecule has 0 saturated carbocycles. The molecule has 1 heterocycles. The van der Waals surface area contributed by atoms with Gasteiger partial charge in [0.15, 0.2) is 0 Å². The number of hydrogen-bond acceptors (Lipinski definition) is 3. The average Bonchev–Trinajstić information content (AvgIpc) is 2.61. The number of carboxylic acids is 1. The maximum absolute atomic E-state index is 11.8. The SMILES string of the molecule is Cc1cc(CNC(=O)N[C@H](C(=O)O)C(C)(C)C)sc1C. The van der Waals surface area contributed by atoms with Gasteiger partial charge in [0.2, 0.25) is 0 Å².